The molecule has 0 bridgehead atoms. The maximum Gasteiger partial charge on any atom is 0.321 e. The Kier molecular flexibility index (Phi) is 8.30. The topological polar surface area (TPSA) is 140 Å². The predicted molar refractivity (Wildman–Crippen MR) is 88.8 cm³/mol. The van der Waals surface area contributed by atoms with Crippen LogP contribution in [0.1, 0.15) is 13.3 Å². The quantitative estimate of drug-likeness (QED) is 0.303. The minimum Gasteiger partial charge on any atom is -0.494 e. The van der Waals surface area contributed by atoms with Crippen LogP contribution in [-0.2, 0) is 14.3 Å². The molecule has 0 saturated carbocycles. The molecule has 1 rings (SSSR count). The summed E-state index contributed by atoms with van der Waals surface area (Å²) in [7, 11) is 1.47. The van der Waals surface area contributed by atoms with Crippen molar-refractivity contribution in [2.24, 2.45) is 0 Å². The standard InChI is InChI=1S/C15H21N3O7/c1-3-25-10-4-5-11(13(8-10)18(22)23)17-14(19)9-12(15(20)21)16-6-7-24-2/h4-5,8,12,16H,3,6-7,9H2,1-2H3,(H,17,19)(H,20,21). The summed E-state index contributed by atoms with van der Waals surface area (Å²) in [5.74, 6) is -1.56. The third-order valence-corrected chi connectivity index (χ3v) is 3.14. The van der Waals surface area contributed by atoms with E-state index in [4.69, 9.17) is 14.6 Å². The van der Waals surface area contributed by atoms with Gasteiger partial charge in [-0.3, -0.25) is 19.7 Å². The fourth-order valence-corrected chi connectivity index (χ4v) is 1.99. The number of benzene rings is 1. The Morgan fingerprint density at radius 3 is 2.68 bits per heavy atom. The molecule has 1 unspecified atom stereocenters. The molecule has 0 aliphatic heterocycles. The van der Waals surface area contributed by atoms with Crippen molar-refractivity contribution in [2.75, 3.05) is 32.2 Å². The summed E-state index contributed by atoms with van der Waals surface area (Å²) in [5, 5.41) is 25.3. The van der Waals surface area contributed by atoms with E-state index in [1.165, 1.54) is 25.3 Å². The highest BCUT2D eigenvalue weighted by Crippen LogP contribution is 2.29. The number of nitro benzene ring substituents is 1. The summed E-state index contributed by atoms with van der Waals surface area (Å²) in [5.41, 5.74) is -0.363. The molecule has 0 fully saturated rings. The van der Waals surface area contributed by atoms with Crippen LogP contribution in [0.5, 0.6) is 5.75 Å². The zero-order valence-electron chi connectivity index (χ0n) is 14.0. The van der Waals surface area contributed by atoms with Gasteiger partial charge in [0.2, 0.25) is 5.91 Å². The number of nitrogens with one attached hydrogen (secondary N) is 2. The number of carboxylic acid groups (broad SMARTS) is 1. The molecule has 1 aromatic rings. The first kappa shape index (κ1) is 20.3. The van der Waals surface area contributed by atoms with Crippen molar-refractivity contribution in [1.82, 2.24) is 5.32 Å². The number of nitrogens with zero attached hydrogens (tertiary/aromatic N) is 1. The summed E-state index contributed by atoms with van der Waals surface area (Å²) in [6.45, 7) is 2.63. The van der Waals surface area contributed by atoms with Crippen LogP contribution in [-0.4, -0.2) is 54.8 Å². The molecule has 10 heteroatoms. The summed E-state index contributed by atoms with van der Waals surface area (Å²) in [4.78, 5) is 33.7. The first-order valence-electron chi connectivity index (χ1n) is 7.55. The number of nitro groups is 1. The van der Waals surface area contributed by atoms with Crippen LogP contribution in [0.25, 0.3) is 0 Å². The van der Waals surface area contributed by atoms with Crippen molar-refractivity contribution < 1.29 is 29.1 Å². The highest BCUT2D eigenvalue weighted by molar-refractivity contribution is 5.95. The number of amides is 1. The zero-order valence-corrected chi connectivity index (χ0v) is 14.0. The van der Waals surface area contributed by atoms with Gasteiger partial charge >= 0.3 is 5.97 Å². The van der Waals surface area contributed by atoms with Crippen molar-refractivity contribution in [1.29, 1.82) is 0 Å². The number of hydrogen-bond donors (Lipinski definition) is 3. The molecule has 1 amide bonds. The van der Waals surface area contributed by atoms with Gasteiger partial charge in [0, 0.05) is 13.7 Å². The van der Waals surface area contributed by atoms with Gasteiger partial charge in [-0.2, -0.15) is 0 Å². The van der Waals surface area contributed by atoms with Crippen molar-refractivity contribution in [3.8, 4) is 5.75 Å². The molecule has 3 N–H and O–H groups in total. The number of anilines is 1. The van der Waals surface area contributed by atoms with Crippen molar-refractivity contribution >= 4 is 23.3 Å². The second-order valence-corrected chi connectivity index (χ2v) is 4.96. The van der Waals surface area contributed by atoms with E-state index in [-0.39, 0.29) is 30.9 Å². The van der Waals surface area contributed by atoms with Gasteiger partial charge in [-0.15, -0.1) is 0 Å². The minimum atomic E-state index is -1.20. The molecule has 1 atom stereocenters. The van der Waals surface area contributed by atoms with Crippen LogP contribution < -0.4 is 15.4 Å². The average molecular weight is 355 g/mol. The van der Waals surface area contributed by atoms with Crippen LogP contribution in [0.4, 0.5) is 11.4 Å². The number of ether oxygens (including phenoxy) is 2. The molecular formula is C15H21N3O7. The number of carbonyl (C=O) groups excluding carboxylic acids is 1. The van der Waals surface area contributed by atoms with Gasteiger partial charge in [-0.1, -0.05) is 0 Å². The lowest BCUT2D eigenvalue weighted by atomic mass is 10.2. The third-order valence-electron chi connectivity index (χ3n) is 3.14. The van der Waals surface area contributed by atoms with E-state index in [1.807, 2.05) is 0 Å². The largest absolute Gasteiger partial charge is 0.494 e. The molecule has 138 valence electrons. The predicted octanol–water partition coefficient (Wildman–Crippen LogP) is 1.01. The fraction of sp³-hybridized carbons (Fsp3) is 0.467. The smallest absolute Gasteiger partial charge is 0.321 e. The summed E-state index contributed by atoms with van der Waals surface area (Å²) in [6, 6.07) is 2.90. The van der Waals surface area contributed by atoms with E-state index < -0.39 is 22.8 Å². The van der Waals surface area contributed by atoms with Crippen molar-refractivity contribution in [3.05, 3.63) is 28.3 Å². The Bertz CT molecular complexity index is 621. The first-order chi connectivity index (χ1) is 11.9. The normalized spacial score (nSPS) is 11.6. The third kappa shape index (κ3) is 6.73. The highest BCUT2D eigenvalue weighted by Gasteiger charge is 2.23. The first-order valence-corrected chi connectivity index (χ1v) is 7.55. The molecule has 25 heavy (non-hydrogen) atoms. The lowest BCUT2D eigenvalue weighted by Gasteiger charge is -2.14. The van der Waals surface area contributed by atoms with Gasteiger partial charge in [0.05, 0.1) is 30.6 Å². The number of carbonyl (C=O) groups is 2. The molecular weight excluding hydrogens is 334 g/mol. The zero-order chi connectivity index (χ0) is 18.8. The van der Waals surface area contributed by atoms with E-state index >= 15 is 0 Å². The lowest BCUT2D eigenvalue weighted by Crippen LogP contribution is -2.41. The molecule has 0 aromatic heterocycles. The van der Waals surface area contributed by atoms with E-state index in [0.717, 1.165) is 0 Å². The van der Waals surface area contributed by atoms with E-state index in [2.05, 4.69) is 10.6 Å². The molecule has 0 saturated heterocycles. The van der Waals surface area contributed by atoms with Crippen molar-refractivity contribution in [2.45, 2.75) is 19.4 Å². The monoisotopic (exact) mass is 355 g/mol. The van der Waals surface area contributed by atoms with Crippen LogP contribution >= 0.6 is 0 Å². The SMILES string of the molecule is CCOc1ccc(NC(=O)CC(NCCOC)C(=O)O)c([N+](=O)[O-])c1. The molecule has 0 aliphatic carbocycles. The maximum absolute atomic E-state index is 12.0. The van der Waals surface area contributed by atoms with Crippen molar-refractivity contribution in [3.63, 3.8) is 0 Å². The van der Waals surface area contributed by atoms with Gasteiger partial charge in [0.1, 0.15) is 17.5 Å². The lowest BCUT2D eigenvalue weighted by molar-refractivity contribution is -0.384. The van der Waals surface area contributed by atoms with Gasteiger partial charge in [-0.25, -0.2) is 0 Å². The molecule has 1 aromatic carbocycles. The fourth-order valence-electron chi connectivity index (χ4n) is 1.99. The van der Waals surface area contributed by atoms with Gasteiger partial charge in [0.25, 0.3) is 5.69 Å². The molecule has 0 spiro atoms. The summed E-state index contributed by atoms with van der Waals surface area (Å²) >= 11 is 0. The van der Waals surface area contributed by atoms with E-state index in [0.29, 0.717) is 12.4 Å². The number of rotatable bonds is 11. The second-order valence-electron chi connectivity index (χ2n) is 4.96. The van der Waals surface area contributed by atoms with Crippen LogP contribution in [0.15, 0.2) is 18.2 Å². The number of hydrogen-bond acceptors (Lipinski definition) is 7. The molecule has 0 heterocycles. The highest BCUT2D eigenvalue weighted by atomic mass is 16.6. The Balaban J connectivity index is 2.80. The van der Waals surface area contributed by atoms with E-state index in [1.54, 1.807) is 6.92 Å². The van der Waals surface area contributed by atoms with E-state index in [9.17, 15) is 19.7 Å². The Labute approximate surface area is 144 Å². The van der Waals surface area contributed by atoms with Gasteiger partial charge in [0.15, 0.2) is 0 Å². The van der Waals surface area contributed by atoms with Gasteiger partial charge < -0.3 is 25.2 Å². The number of methoxy groups -OCH3 is 1. The second kappa shape index (κ2) is 10.2. The Hall–Kier alpha value is -2.72. The number of carboxylic acids is 1. The summed E-state index contributed by atoms with van der Waals surface area (Å²) in [6.07, 6.45) is -0.386. The minimum absolute atomic E-state index is 0.0283. The Morgan fingerprint density at radius 1 is 1.40 bits per heavy atom. The molecule has 0 radical (unpaired) electrons. The van der Waals surface area contributed by atoms with Crippen LogP contribution in [0.3, 0.4) is 0 Å². The Morgan fingerprint density at radius 2 is 2.12 bits per heavy atom. The molecule has 10 nitrogen and oxygen atoms in total. The van der Waals surface area contributed by atoms with Crippen LogP contribution in [0, 0.1) is 10.1 Å². The number of aliphatic carboxylic acids is 1. The summed E-state index contributed by atoms with van der Waals surface area (Å²) < 4.78 is 9.99. The van der Waals surface area contributed by atoms with Crippen LogP contribution in [0.2, 0.25) is 0 Å². The maximum atomic E-state index is 12.0. The van der Waals surface area contributed by atoms with Gasteiger partial charge in [-0.05, 0) is 19.1 Å². The average Bonchev–Trinajstić information content (AvgIpc) is 2.55. The molecule has 0 aliphatic rings.